The first kappa shape index (κ1) is 13.8. The summed E-state index contributed by atoms with van der Waals surface area (Å²) in [5, 5.41) is 13.6. The van der Waals surface area contributed by atoms with E-state index in [0.717, 1.165) is 14.5 Å². The summed E-state index contributed by atoms with van der Waals surface area (Å²) in [6.07, 6.45) is 1.68. The number of para-hydroxylation sites is 1. The van der Waals surface area contributed by atoms with Crippen molar-refractivity contribution in [1.82, 2.24) is 4.98 Å². The van der Waals surface area contributed by atoms with Gasteiger partial charge in [-0.1, -0.05) is 18.2 Å². The molecule has 5 heteroatoms. The Kier molecular flexibility index (Phi) is 3.74. The molecule has 0 aliphatic rings. The van der Waals surface area contributed by atoms with Crippen LogP contribution in [0.25, 0.3) is 10.9 Å². The van der Waals surface area contributed by atoms with E-state index in [4.69, 9.17) is 0 Å². The Hall–Kier alpha value is -2.15. The van der Waals surface area contributed by atoms with Gasteiger partial charge in [0, 0.05) is 15.2 Å². The standard InChI is InChI=1S/C16H11IN2O2/c17-11-6-7-12(14(20)9-11)16(21)19-13-5-1-3-10-4-2-8-18-15(10)13/h1-9,20H,(H,19,21). The highest BCUT2D eigenvalue weighted by Crippen LogP contribution is 2.24. The van der Waals surface area contributed by atoms with Crippen molar-refractivity contribution in [3.8, 4) is 5.75 Å². The van der Waals surface area contributed by atoms with E-state index in [0.29, 0.717) is 5.69 Å². The largest absolute Gasteiger partial charge is 0.507 e. The third kappa shape index (κ3) is 2.82. The van der Waals surface area contributed by atoms with E-state index >= 15 is 0 Å². The van der Waals surface area contributed by atoms with Crippen LogP contribution in [-0.4, -0.2) is 16.0 Å². The molecular weight excluding hydrogens is 379 g/mol. The fourth-order valence-electron chi connectivity index (χ4n) is 2.09. The van der Waals surface area contributed by atoms with Crippen molar-refractivity contribution in [2.24, 2.45) is 0 Å². The average Bonchev–Trinajstić information content (AvgIpc) is 2.47. The van der Waals surface area contributed by atoms with Gasteiger partial charge in [0.1, 0.15) is 5.75 Å². The smallest absolute Gasteiger partial charge is 0.259 e. The number of pyridine rings is 1. The van der Waals surface area contributed by atoms with E-state index in [1.165, 1.54) is 0 Å². The van der Waals surface area contributed by atoms with E-state index in [2.05, 4.69) is 32.9 Å². The van der Waals surface area contributed by atoms with Crippen molar-refractivity contribution in [1.29, 1.82) is 0 Å². The van der Waals surface area contributed by atoms with Crippen molar-refractivity contribution in [3.63, 3.8) is 0 Å². The maximum absolute atomic E-state index is 12.3. The Bertz CT molecular complexity index is 828. The van der Waals surface area contributed by atoms with Crippen LogP contribution in [0.1, 0.15) is 10.4 Å². The van der Waals surface area contributed by atoms with E-state index < -0.39 is 0 Å². The molecule has 3 rings (SSSR count). The topological polar surface area (TPSA) is 62.2 Å². The Labute approximate surface area is 135 Å². The predicted octanol–water partition coefficient (Wildman–Crippen LogP) is 3.80. The van der Waals surface area contributed by atoms with Crippen LogP contribution in [0, 0.1) is 3.57 Å². The number of carbonyl (C=O) groups is 1. The molecular formula is C16H11IN2O2. The number of hydrogen-bond donors (Lipinski definition) is 2. The molecule has 0 spiro atoms. The summed E-state index contributed by atoms with van der Waals surface area (Å²) in [6.45, 7) is 0. The molecule has 4 nitrogen and oxygen atoms in total. The van der Waals surface area contributed by atoms with Gasteiger partial charge in [-0.3, -0.25) is 9.78 Å². The monoisotopic (exact) mass is 390 g/mol. The highest BCUT2D eigenvalue weighted by molar-refractivity contribution is 14.1. The molecule has 0 bridgehead atoms. The van der Waals surface area contributed by atoms with Gasteiger partial charge in [0.25, 0.3) is 5.91 Å². The minimum Gasteiger partial charge on any atom is -0.507 e. The Balaban J connectivity index is 1.97. The number of phenolic OH excluding ortho intramolecular Hbond substituents is 1. The molecule has 2 aromatic carbocycles. The first-order valence-corrected chi connectivity index (χ1v) is 7.36. The zero-order valence-corrected chi connectivity index (χ0v) is 13.0. The summed E-state index contributed by atoms with van der Waals surface area (Å²) in [7, 11) is 0. The van der Waals surface area contributed by atoms with Crippen molar-refractivity contribution in [3.05, 3.63) is 63.9 Å². The molecule has 0 radical (unpaired) electrons. The van der Waals surface area contributed by atoms with Gasteiger partial charge in [-0.25, -0.2) is 0 Å². The van der Waals surface area contributed by atoms with E-state index in [9.17, 15) is 9.90 Å². The summed E-state index contributed by atoms with van der Waals surface area (Å²) in [5.74, 6) is -0.394. The molecule has 0 atom stereocenters. The molecule has 0 aliphatic heterocycles. The molecule has 0 unspecified atom stereocenters. The molecule has 1 amide bonds. The predicted molar refractivity (Wildman–Crippen MR) is 90.5 cm³/mol. The lowest BCUT2D eigenvalue weighted by Crippen LogP contribution is -2.12. The number of amides is 1. The summed E-state index contributed by atoms with van der Waals surface area (Å²) in [4.78, 5) is 16.6. The number of carbonyl (C=O) groups excluding carboxylic acids is 1. The number of benzene rings is 2. The second-order valence-corrected chi connectivity index (χ2v) is 5.74. The number of anilines is 1. The van der Waals surface area contributed by atoms with Gasteiger partial charge < -0.3 is 10.4 Å². The average molecular weight is 390 g/mol. The number of rotatable bonds is 2. The fourth-order valence-corrected chi connectivity index (χ4v) is 2.57. The lowest BCUT2D eigenvalue weighted by Gasteiger charge is -2.09. The van der Waals surface area contributed by atoms with Gasteiger partial charge in [-0.15, -0.1) is 0 Å². The van der Waals surface area contributed by atoms with E-state index in [-0.39, 0.29) is 17.2 Å². The normalized spacial score (nSPS) is 10.5. The first-order chi connectivity index (χ1) is 10.1. The molecule has 1 aromatic heterocycles. The summed E-state index contributed by atoms with van der Waals surface area (Å²) < 4.78 is 0.869. The van der Waals surface area contributed by atoms with Gasteiger partial charge >= 0.3 is 0 Å². The number of aromatic nitrogens is 1. The number of nitrogens with one attached hydrogen (secondary N) is 1. The zero-order valence-electron chi connectivity index (χ0n) is 10.9. The highest BCUT2D eigenvalue weighted by Gasteiger charge is 2.13. The summed E-state index contributed by atoms with van der Waals surface area (Å²) >= 11 is 2.08. The maximum Gasteiger partial charge on any atom is 0.259 e. The molecule has 0 saturated carbocycles. The van der Waals surface area contributed by atoms with Gasteiger partial charge in [0.05, 0.1) is 16.8 Å². The van der Waals surface area contributed by atoms with Crippen molar-refractivity contribution in [2.45, 2.75) is 0 Å². The molecule has 21 heavy (non-hydrogen) atoms. The van der Waals surface area contributed by atoms with E-state index in [1.54, 1.807) is 30.5 Å². The number of fused-ring (bicyclic) bond motifs is 1. The van der Waals surface area contributed by atoms with Crippen LogP contribution >= 0.6 is 22.6 Å². The van der Waals surface area contributed by atoms with Gasteiger partial charge in [0.15, 0.2) is 0 Å². The van der Waals surface area contributed by atoms with Crippen LogP contribution in [0.3, 0.4) is 0 Å². The summed E-state index contributed by atoms with van der Waals surface area (Å²) in [6, 6.07) is 14.3. The van der Waals surface area contributed by atoms with Crippen molar-refractivity contribution >= 4 is 45.1 Å². The lowest BCUT2D eigenvalue weighted by atomic mass is 10.1. The van der Waals surface area contributed by atoms with Gasteiger partial charge in [0.2, 0.25) is 0 Å². The molecule has 3 aromatic rings. The quantitative estimate of drug-likeness (QED) is 0.655. The van der Waals surface area contributed by atoms with E-state index in [1.807, 2.05) is 24.3 Å². The van der Waals surface area contributed by atoms with Crippen LogP contribution in [0.2, 0.25) is 0 Å². The van der Waals surface area contributed by atoms with Crippen LogP contribution in [0.4, 0.5) is 5.69 Å². The minimum atomic E-state index is -0.359. The van der Waals surface area contributed by atoms with Crippen LogP contribution < -0.4 is 5.32 Å². The molecule has 2 N–H and O–H groups in total. The summed E-state index contributed by atoms with van der Waals surface area (Å²) in [5.41, 5.74) is 1.58. The minimum absolute atomic E-state index is 0.0346. The molecule has 104 valence electrons. The second kappa shape index (κ2) is 5.69. The Morgan fingerprint density at radius 2 is 1.95 bits per heavy atom. The van der Waals surface area contributed by atoms with Crippen LogP contribution in [0.15, 0.2) is 54.7 Å². The van der Waals surface area contributed by atoms with Gasteiger partial charge in [-0.2, -0.15) is 0 Å². The second-order valence-electron chi connectivity index (χ2n) is 4.50. The fraction of sp³-hybridized carbons (Fsp3) is 0. The number of halogens is 1. The SMILES string of the molecule is O=C(Nc1cccc2cccnc12)c1ccc(I)cc1O. The number of nitrogens with zero attached hydrogens (tertiary/aromatic N) is 1. The van der Waals surface area contributed by atoms with Gasteiger partial charge in [-0.05, 0) is 52.9 Å². The Morgan fingerprint density at radius 1 is 1.14 bits per heavy atom. The molecule has 0 saturated heterocycles. The van der Waals surface area contributed by atoms with Crippen LogP contribution in [-0.2, 0) is 0 Å². The molecule has 0 aliphatic carbocycles. The number of hydrogen-bond acceptors (Lipinski definition) is 3. The van der Waals surface area contributed by atoms with Crippen molar-refractivity contribution in [2.75, 3.05) is 5.32 Å². The maximum atomic E-state index is 12.3. The lowest BCUT2D eigenvalue weighted by molar-refractivity contribution is 0.102. The molecule has 1 heterocycles. The number of phenols is 1. The number of aromatic hydroxyl groups is 1. The highest BCUT2D eigenvalue weighted by atomic mass is 127. The third-order valence-corrected chi connectivity index (χ3v) is 3.76. The third-order valence-electron chi connectivity index (χ3n) is 3.09. The van der Waals surface area contributed by atoms with Crippen molar-refractivity contribution < 1.29 is 9.90 Å². The first-order valence-electron chi connectivity index (χ1n) is 6.29. The zero-order chi connectivity index (χ0) is 14.8. The molecule has 0 fully saturated rings. The Morgan fingerprint density at radius 3 is 2.76 bits per heavy atom. The van der Waals surface area contributed by atoms with Crippen LogP contribution in [0.5, 0.6) is 5.75 Å².